The highest BCUT2D eigenvalue weighted by Crippen LogP contribution is 2.23. The standard InChI is InChI=1S/C32H27ClN2O4S/c33-27-13-11-25(12-14-27)22-35(40(36,37)32-9-5-2-6-10-32)23-31-20-19-30(39-31)21-34-28-15-17-29(18-16-28)38-24-26-7-3-1-4-8-26/h1-21H,22-24H2. The van der Waals surface area contributed by atoms with Crippen LogP contribution in [0.4, 0.5) is 5.69 Å². The van der Waals surface area contributed by atoms with Crippen molar-refractivity contribution >= 4 is 33.5 Å². The lowest BCUT2D eigenvalue weighted by molar-refractivity contribution is 0.306. The number of furan rings is 1. The molecule has 0 bridgehead atoms. The lowest BCUT2D eigenvalue weighted by Crippen LogP contribution is -2.30. The molecular weight excluding hydrogens is 544 g/mol. The molecule has 0 N–H and O–H groups in total. The summed E-state index contributed by atoms with van der Waals surface area (Å²) in [5.41, 5.74) is 2.65. The van der Waals surface area contributed by atoms with Crippen LogP contribution in [0.25, 0.3) is 0 Å². The monoisotopic (exact) mass is 570 g/mol. The number of rotatable bonds is 11. The van der Waals surface area contributed by atoms with E-state index in [1.54, 1.807) is 60.8 Å². The summed E-state index contributed by atoms with van der Waals surface area (Å²) >= 11 is 6.02. The molecule has 0 radical (unpaired) electrons. The Morgan fingerprint density at radius 1 is 0.750 bits per heavy atom. The van der Waals surface area contributed by atoms with Gasteiger partial charge in [-0.05, 0) is 71.8 Å². The van der Waals surface area contributed by atoms with Gasteiger partial charge in [-0.15, -0.1) is 0 Å². The number of nitrogens with zero attached hydrogens (tertiary/aromatic N) is 2. The number of hydrogen-bond donors (Lipinski definition) is 0. The highest BCUT2D eigenvalue weighted by molar-refractivity contribution is 7.89. The number of benzene rings is 4. The Morgan fingerprint density at radius 3 is 2.12 bits per heavy atom. The van der Waals surface area contributed by atoms with E-state index in [9.17, 15) is 8.42 Å². The number of halogens is 1. The van der Waals surface area contributed by atoms with Crippen LogP contribution in [-0.4, -0.2) is 18.9 Å². The molecule has 0 saturated carbocycles. The van der Waals surface area contributed by atoms with Gasteiger partial charge in [0.2, 0.25) is 10.0 Å². The van der Waals surface area contributed by atoms with Crippen molar-refractivity contribution < 1.29 is 17.6 Å². The molecule has 5 rings (SSSR count). The predicted octanol–water partition coefficient (Wildman–Crippen LogP) is 7.65. The highest BCUT2D eigenvalue weighted by Gasteiger charge is 2.26. The van der Waals surface area contributed by atoms with Gasteiger partial charge < -0.3 is 9.15 Å². The molecule has 0 aliphatic carbocycles. The third-order valence-electron chi connectivity index (χ3n) is 6.09. The summed E-state index contributed by atoms with van der Waals surface area (Å²) in [5.74, 6) is 1.77. The molecule has 40 heavy (non-hydrogen) atoms. The fourth-order valence-electron chi connectivity index (χ4n) is 3.99. The molecule has 0 amide bonds. The molecule has 4 aromatic carbocycles. The predicted molar refractivity (Wildman–Crippen MR) is 158 cm³/mol. The van der Waals surface area contributed by atoms with Crippen LogP contribution < -0.4 is 4.74 Å². The normalized spacial score (nSPS) is 11.8. The molecule has 202 valence electrons. The van der Waals surface area contributed by atoms with E-state index in [1.807, 2.05) is 66.7 Å². The molecule has 6 nitrogen and oxygen atoms in total. The minimum absolute atomic E-state index is 0.0567. The maximum atomic E-state index is 13.5. The van der Waals surface area contributed by atoms with Crippen LogP contribution in [-0.2, 0) is 29.7 Å². The molecule has 0 fully saturated rings. The minimum atomic E-state index is -3.79. The van der Waals surface area contributed by atoms with E-state index < -0.39 is 10.0 Å². The second-order valence-electron chi connectivity index (χ2n) is 9.04. The average molecular weight is 571 g/mol. The molecular formula is C32H27ClN2O4S. The Kier molecular flexibility index (Phi) is 8.76. The maximum Gasteiger partial charge on any atom is 0.243 e. The van der Waals surface area contributed by atoms with E-state index >= 15 is 0 Å². The average Bonchev–Trinajstić information content (AvgIpc) is 3.44. The van der Waals surface area contributed by atoms with E-state index in [1.165, 1.54) is 4.31 Å². The van der Waals surface area contributed by atoms with Crippen LogP contribution in [0.15, 0.2) is 136 Å². The third kappa shape index (κ3) is 7.27. The molecule has 0 aliphatic heterocycles. The van der Waals surface area contributed by atoms with E-state index in [0.717, 1.165) is 22.6 Å². The van der Waals surface area contributed by atoms with Gasteiger partial charge in [-0.1, -0.05) is 72.3 Å². The fourth-order valence-corrected chi connectivity index (χ4v) is 5.53. The van der Waals surface area contributed by atoms with Crippen LogP contribution in [0.5, 0.6) is 5.75 Å². The van der Waals surface area contributed by atoms with Crippen molar-refractivity contribution in [1.82, 2.24) is 4.31 Å². The lowest BCUT2D eigenvalue weighted by Gasteiger charge is -2.21. The largest absolute Gasteiger partial charge is 0.489 e. The van der Waals surface area contributed by atoms with Crippen molar-refractivity contribution in [2.24, 2.45) is 4.99 Å². The van der Waals surface area contributed by atoms with Gasteiger partial charge in [0.15, 0.2) is 0 Å². The first kappa shape index (κ1) is 27.4. The molecule has 1 aromatic heterocycles. The zero-order chi connectivity index (χ0) is 27.8. The summed E-state index contributed by atoms with van der Waals surface area (Å²) in [7, 11) is -3.79. The summed E-state index contributed by atoms with van der Waals surface area (Å²) < 4.78 is 40.2. The quantitative estimate of drug-likeness (QED) is 0.153. The van der Waals surface area contributed by atoms with Crippen LogP contribution in [0.2, 0.25) is 5.02 Å². The van der Waals surface area contributed by atoms with Crippen LogP contribution in [0.1, 0.15) is 22.6 Å². The first-order chi connectivity index (χ1) is 19.5. The Labute approximate surface area is 239 Å². The molecule has 1 heterocycles. The van der Waals surface area contributed by atoms with E-state index in [2.05, 4.69) is 4.99 Å². The highest BCUT2D eigenvalue weighted by atomic mass is 35.5. The second kappa shape index (κ2) is 12.8. The van der Waals surface area contributed by atoms with Crippen molar-refractivity contribution in [3.05, 3.63) is 149 Å². The van der Waals surface area contributed by atoms with E-state index in [4.69, 9.17) is 20.8 Å². The zero-order valence-electron chi connectivity index (χ0n) is 21.6. The van der Waals surface area contributed by atoms with Gasteiger partial charge in [0.05, 0.1) is 23.3 Å². The number of hydrogen-bond acceptors (Lipinski definition) is 5. The Balaban J connectivity index is 1.26. The van der Waals surface area contributed by atoms with Gasteiger partial charge in [0, 0.05) is 11.6 Å². The third-order valence-corrected chi connectivity index (χ3v) is 8.15. The Bertz CT molecular complexity index is 1650. The summed E-state index contributed by atoms with van der Waals surface area (Å²) in [4.78, 5) is 4.70. The first-order valence-electron chi connectivity index (χ1n) is 12.6. The lowest BCUT2D eigenvalue weighted by atomic mass is 10.2. The molecule has 0 spiro atoms. The van der Waals surface area contributed by atoms with Gasteiger partial charge in [0.25, 0.3) is 0 Å². The van der Waals surface area contributed by atoms with Gasteiger partial charge >= 0.3 is 0 Å². The summed E-state index contributed by atoms with van der Waals surface area (Å²) in [6.45, 7) is 0.714. The molecule has 5 aromatic rings. The maximum absolute atomic E-state index is 13.5. The van der Waals surface area contributed by atoms with Crippen molar-refractivity contribution in [1.29, 1.82) is 0 Å². The molecule has 0 aliphatic rings. The molecule has 0 unspecified atom stereocenters. The SMILES string of the molecule is O=S(=O)(c1ccccc1)N(Cc1ccc(Cl)cc1)Cc1ccc(C=Nc2ccc(OCc3ccccc3)cc2)o1. The van der Waals surface area contributed by atoms with E-state index in [-0.39, 0.29) is 18.0 Å². The van der Waals surface area contributed by atoms with Gasteiger partial charge in [-0.2, -0.15) is 4.31 Å². The van der Waals surface area contributed by atoms with Crippen molar-refractivity contribution in [2.45, 2.75) is 24.6 Å². The molecule has 8 heteroatoms. The molecule has 0 saturated heterocycles. The smallest absolute Gasteiger partial charge is 0.243 e. The van der Waals surface area contributed by atoms with Crippen molar-refractivity contribution in [3.63, 3.8) is 0 Å². The topological polar surface area (TPSA) is 72.1 Å². The summed E-state index contributed by atoms with van der Waals surface area (Å²) in [5, 5.41) is 0.588. The summed E-state index contributed by atoms with van der Waals surface area (Å²) in [6, 6.07) is 36.4. The molecule has 0 atom stereocenters. The zero-order valence-corrected chi connectivity index (χ0v) is 23.1. The van der Waals surface area contributed by atoms with Gasteiger partial charge in [-0.3, -0.25) is 4.99 Å². The van der Waals surface area contributed by atoms with Gasteiger partial charge in [-0.25, -0.2) is 8.42 Å². The second-order valence-corrected chi connectivity index (χ2v) is 11.4. The number of aliphatic imine (C=N–C) groups is 1. The Hall–Kier alpha value is -4.17. The van der Waals surface area contributed by atoms with Crippen LogP contribution in [0.3, 0.4) is 0 Å². The van der Waals surface area contributed by atoms with E-state index in [0.29, 0.717) is 23.2 Å². The Morgan fingerprint density at radius 2 is 1.43 bits per heavy atom. The van der Waals surface area contributed by atoms with Crippen LogP contribution >= 0.6 is 11.6 Å². The fraction of sp³-hybridized carbons (Fsp3) is 0.0938. The number of ether oxygens (including phenoxy) is 1. The van der Waals surface area contributed by atoms with Crippen molar-refractivity contribution in [3.8, 4) is 5.75 Å². The minimum Gasteiger partial charge on any atom is -0.489 e. The van der Waals surface area contributed by atoms with Gasteiger partial charge in [0.1, 0.15) is 23.9 Å². The summed E-state index contributed by atoms with van der Waals surface area (Å²) in [6.07, 6.45) is 1.61. The first-order valence-corrected chi connectivity index (χ1v) is 14.5. The van der Waals surface area contributed by atoms with Crippen molar-refractivity contribution in [2.75, 3.05) is 0 Å². The number of sulfonamides is 1. The van der Waals surface area contributed by atoms with Crippen LogP contribution in [0, 0.1) is 0 Å².